The van der Waals surface area contributed by atoms with Crippen molar-refractivity contribution in [1.82, 2.24) is 0 Å². The standard InChI is InChI=1S/C26H25NO5S/c1-5-32-20-14-17(8-9-19(20)31-4)23-22(24(28)21-7-6-10-33-21)25(29)26(30)27(23)18-12-15(2)11-16(3)13-18/h6-14,23,29H,5H2,1-4H3. The van der Waals surface area contributed by atoms with Crippen LogP contribution in [0, 0.1) is 13.8 Å². The van der Waals surface area contributed by atoms with Gasteiger partial charge in [0.25, 0.3) is 5.91 Å². The Morgan fingerprint density at radius 1 is 1.09 bits per heavy atom. The van der Waals surface area contributed by atoms with Crippen LogP contribution in [0.2, 0.25) is 0 Å². The fourth-order valence-corrected chi connectivity index (χ4v) is 4.86. The summed E-state index contributed by atoms with van der Waals surface area (Å²) in [4.78, 5) is 28.7. The minimum atomic E-state index is -0.821. The number of methoxy groups -OCH3 is 1. The molecule has 1 aliphatic heterocycles. The maximum absolute atomic E-state index is 13.4. The van der Waals surface area contributed by atoms with Crippen molar-refractivity contribution in [3.05, 3.63) is 86.8 Å². The van der Waals surface area contributed by atoms with E-state index in [0.717, 1.165) is 11.1 Å². The van der Waals surface area contributed by atoms with Gasteiger partial charge in [-0.3, -0.25) is 14.5 Å². The number of hydrogen-bond acceptors (Lipinski definition) is 6. The van der Waals surface area contributed by atoms with E-state index in [1.807, 2.05) is 39.0 Å². The number of aliphatic hydroxyl groups excluding tert-OH is 1. The molecule has 1 N–H and O–H groups in total. The first-order valence-corrected chi connectivity index (χ1v) is 11.5. The molecule has 0 aliphatic carbocycles. The van der Waals surface area contributed by atoms with Crippen LogP contribution in [0.5, 0.6) is 11.5 Å². The second-order valence-electron chi connectivity index (χ2n) is 7.84. The number of aliphatic hydroxyl groups is 1. The van der Waals surface area contributed by atoms with E-state index in [4.69, 9.17) is 9.47 Å². The van der Waals surface area contributed by atoms with Gasteiger partial charge < -0.3 is 14.6 Å². The Balaban J connectivity index is 1.92. The highest BCUT2D eigenvalue weighted by Gasteiger charge is 2.45. The first-order valence-electron chi connectivity index (χ1n) is 10.6. The molecule has 0 fully saturated rings. The first kappa shape index (κ1) is 22.6. The summed E-state index contributed by atoms with van der Waals surface area (Å²) < 4.78 is 11.1. The number of ether oxygens (including phenoxy) is 2. The number of carbonyl (C=O) groups is 2. The summed E-state index contributed by atoms with van der Waals surface area (Å²) in [7, 11) is 1.55. The summed E-state index contributed by atoms with van der Waals surface area (Å²) in [5, 5.41) is 12.7. The number of thiophene rings is 1. The lowest BCUT2D eigenvalue weighted by Gasteiger charge is -2.28. The van der Waals surface area contributed by atoms with E-state index >= 15 is 0 Å². The quantitative estimate of drug-likeness (QED) is 0.465. The molecule has 3 aromatic rings. The maximum Gasteiger partial charge on any atom is 0.294 e. The molecule has 2 heterocycles. The van der Waals surface area contributed by atoms with Crippen LogP contribution in [0.3, 0.4) is 0 Å². The number of benzene rings is 2. The molecule has 1 unspecified atom stereocenters. The van der Waals surface area contributed by atoms with Crippen LogP contribution in [-0.4, -0.2) is 30.5 Å². The molecule has 0 saturated carbocycles. The molecule has 0 spiro atoms. The summed E-state index contributed by atoms with van der Waals surface area (Å²) in [5.74, 6) is -0.478. The fourth-order valence-electron chi connectivity index (χ4n) is 4.18. The average molecular weight is 464 g/mol. The lowest BCUT2D eigenvalue weighted by Crippen LogP contribution is -2.31. The number of anilines is 1. The van der Waals surface area contributed by atoms with Crippen molar-refractivity contribution in [3.63, 3.8) is 0 Å². The summed E-state index contributed by atoms with van der Waals surface area (Å²) in [5.41, 5.74) is 3.24. The Bertz CT molecular complexity index is 1230. The average Bonchev–Trinajstić information content (AvgIpc) is 3.40. The van der Waals surface area contributed by atoms with E-state index in [1.165, 1.54) is 16.2 Å². The van der Waals surface area contributed by atoms with Crippen molar-refractivity contribution in [2.24, 2.45) is 0 Å². The number of hydrogen-bond donors (Lipinski definition) is 1. The van der Waals surface area contributed by atoms with E-state index in [2.05, 4.69) is 0 Å². The van der Waals surface area contributed by atoms with E-state index in [9.17, 15) is 14.7 Å². The van der Waals surface area contributed by atoms with Gasteiger partial charge in [0.15, 0.2) is 17.3 Å². The van der Waals surface area contributed by atoms with Gasteiger partial charge in [-0.15, -0.1) is 11.3 Å². The van der Waals surface area contributed by atoms with Gasteiger partial charge in [-0.2, -0.15) is 0 Å². The van der Waals surface area contributed by atoms with Gasteiger partial charge in [-0.1, -0.05) is 18.2 Å². The van der Waals surface area contributed by atoms with Crippen molar-refractivity contribution >= 4 is 28.7 Å². The van der Waals surface area contributed by atoms with Gasteiger partial charge in [-0.25, -0.2) is 0 Å². The lowest BCUT2D eigenvalue weighted by atomic mass is 9.94. The maximum atomic E-state index is 13.4. The van der Waals surface area contributed by atoms with Crippen molar-refractivity contribution in [2.75, 3.05) is 18.6 Å². The summed E-state index contributed by atoms with van der Waals surface area (Å²) >= 11 is 1.27. The van der Waals surface area contributed by atoms with E-state index < -0.39 is 17.7 Å². The van der Waals surface area contributed by atoms with Gasteiger partial charge >= 0.3 is 0 Å². The third-order valence-corrected chi connectivity index (χ3v) is 6.35. The highest BCUT2D eigenvalue weighted by molar-refractivity contribution is 7.12. The molecule has 0 saturated heterocycles. The molecular formula is C26H25NO5S. The van der Waals surface area contributed by atoms with Crippen molar-refractivity contribution in [2.45, 2.75) is 26.8 Å². The van der Waals surface area contributed by atoms with E-state index in [-0.39, 0.29) is 11.4 Å². The molecule has 1 atom stereocenters. The lowest BCUT2D eigenvalue weighted by molar-refractivity contribution is -0.117. The third kappa shape index (κ3) is 4.12. The van der Waals surface area contributed by atoms with Gasteiger partial charge in [0, 0.05) is 5.69 Å². The molecule has 0 radical (unpaired) electrons. The zero-order valence-electron chi connectivity index (χ0n) is 18.9. The SMILES string of the molecule is CCOc1cc(C2C(C(=O)c3cccs3)=C(O)C(=O)N2c2cc(C)cc(C)c2)ccc1OC. The molecular weight excluding hydrogens is 438 g/mol. The largest absolute Gasteiger partial charge is 0.503 e. The minimum Gasteiger partial charge on any atom is -0.503 e. The summed E-state index contributed by atoms with van der Waals surface area (Å²) in [6.07, 6.45) is 0. The minimum absolute atomic E-state index is 0.0502. The van der Waals surface area contributed by atoms with Crippen LogP contribution in [0.25, 0.3) is 0 Å². The Morgan fingerprint density at radius 3 is 2.42 bits per heavy atom. The second-order valence-corrected chi connectivity index (χ2v) is 8.78. The molecule has 1 amide bonds. The van der Waals surface area contributed by atoms with Crippen molar-refractivity contribution in [1.29, 1.82) is 0 Å². The second kappa shape index (κ2) is 9.11. The normalized spacial score (nSPS) is 15.8. The number of nitrogens with zero attached hydrogens (tertiary/aromatic N) is 1. The predicted molar refractivity (Wildman–Crippen MR) is 129 cm³/mol. The molecule has 7 heteroatoms. The highest BCUT2D eigenvalue weighted by atomic mass is 32.1. The molecule has 170 valence electrons. The van der Waals surface area contributed by atoms with E-state index in [0.29, 0.717) is 34.2 Å². The van der Waals surface area contributed by atoms with Gasteiger partial charge in [0.1, 0.15) is 0 Å². The van der Waals surface area contributed by atoms with Crippen molar-refractivity contribution < 1.29 is 24.2 Å². The number of ketones is 1. The molecule has 0 bridgehead atoms. The van der Waals surface area contributed by atoms with Gasteiger partial charge in [0.05, 0.1) is 30.2 Å². The molecule has 1 aliphatic rings. The Hall–Kier alpha value is -3.58. The zero-order valence-corrected chi connectivity index (χ0v) is 19.7. The van der Waals surface area contributed by atoms with Gasteiger partial charge in [-0.05, 0) is 73.2 Å². The molecule has 1 aromatic heterocycles. The number of Topliss-reactive ketones (excluding diaryl/α,β-unsaturated/α-hetero) is 1. The smallest absolute Gasteiger partial charge is 0.294 e. The number of carbonyl (C=O) groups excluding carboxylic acids is 2. The fraction of sp³-hybridized carbons (Fsp3) is 0.231. The molecule has 4 rings (SSSR count). The van der Waals surface area contributed by atoms with Crippen LogP contribution in [-0.2, 0) is 4.79 Å². The Morgan fingerprint density at radius 2 is 1.82 bits per heavy atom. The molecule has 33 heavy (non-hydrogen) atoms. The number of amides is 1. The Kier molecular flexibility index (Phi) is 6.24. The topological polar surface area (TPSA) is 76.1 Å². The number of rotatable bonds is 7. The Labute approximate surface area is 196 Å². The van der Waals surface area contributed by atoms with Gasteiger partial charge in [0.2, 0.25) is 5.78 Å². The monoisotopic (exact) mass is 463 g/mol. The van der Waals surface area contributed by atoms with Crippen LogP contribution < -0.4 is 14.4 Å². The van der Waals surface area contributed by atoms with Crippen LogP contribution in [0.15, 0.2) is 65.2 Å². The van der Waals surface area contributed by atoms with Crippen molar-refractivity contribution in [3.8, 4) is 11.5 Å². The molecule has 2 aromatic carbocycles. The number of aryl methyl sites for hydroxylation is 2. The van der Waals surface area contributed by atoms with Crippen LogP contribution in [0.4, 0.5) is 5.69 Å². The van der Waals surface area contributed by atoms with E-state index in [1.54, 1.807) is 42.8 Å². The molecule has 6 nitrogen and oxygen atoms in total. The van der Waals surface area contributed by atoms with Crippen LogP contribution in [0.1, 0.15) is 39.3 Å². The van der Waals surface area contributed by atoms with Crippen LogP contribution >= 0.6 is 11.3 Å². The predicted octanol–water partition coefficient (Wildman–Crippen LogP) is 5.56. The first-order chi connectivity index (χ1) is 15.8. The zero-order chi connectivity index (χ0) is 23.7. The summed E-state index contributed by atoms with van der Waals surface area (Å²) in [6, 6.07) is 13.7. The highest BCUT2D eigenvalue weighted by Crippen LogP contribution is 2.44. The third-order valence-electron chi connectivity index (χ3n) is 5.49. The summed E-state index contributed by atoms with van der Waals surface area (Å²) in [6.45, 7) is 6.17.